The Hall–Kier alpha value is 1.07. The average Bonchev–Trinajstić information content (AvgIpc) is 2.29. The molecular weight excluding hydrogens is 278 g/mol. The maximum Gasteiger partial charge on any atom is 1.00 e. The van der Waals surface area contributed by atoms with Gasteiger partial charge in [-0.25, -0.2) is 0 Å². The molecule has 0 spiro atoms. The van der Waals surface area contributed by atoms with Gasteiger partial charge in [0.1, 0.15) is 0 Å². The molecule has 0 aliphatic heterocycles. The van der Waals surface area contributed by atoms with E-state index in [1.165, 1.54) is 38.5 Å². The Morgan fingerprint density at radius 1 is 0.842 bits per heavy atom. The number of ether oxygens (including phenoxy) is 1. The zero-order valence-electron chi connectivity index (χ0n) is 12.3. The van der Waals surface area contributed by atoms with Gasteiger partial charge in [-0.2, -0.15) is 0 Å². The summed E-state index contributed by atoms with van der Waals surface area (Å²) >= 11 is 0. The maximum absolute atomic E-state index is 10.1. The van der Waals surface area contributed by atoms with Crippen molar-refractivity contribution in [3.05, 3.63) is 0 Å². The Morgan fingerprint density at radius 3 is 1.89 bits per heavy atom. The van der Waals surface area contributed by atoms with Crippen LogP contribution in [0.4, 0.5) is 0 Å². The van der Waals surface area contributed by atoms with Crippen molar-refractivity contribution in [3.8, 4) is 0 Å². The minimum atomic E-state index is -4.83. The topological polar surface area (TPSA) is 81.7 Å². The van der Waals surface area contributed by atoms with E-state index in [0.29, 0.717) is 6.61 Å². The molecule has 0 heterocycles. The van der Waals surface area contributed by atoms with Gasteiger partial charge in [0, 0.05) is 6.61 Å². The van der Waals surface area contributed by atoms with E-state index in [1.807, 2.05) is 0 Å². The molecule has 0 fully saturated rings. The van der Waals surface area contributed by atoms with Crippen LogP contribution in [0.15, 0.2) is 0 Å². The van der Waals surface area contributed by atoms with E-state index in [9.17, 15) is 14.4 Å². The standard InChI is InChI=1S/C12H27O5P.Na/c1-2-3-4-5-6-7-8-9-10-16-11-12-17-18(13,14)15;/h2-12H2,1H3,(H2,13,14,15);/q;+1/p-2. The minimum absolute atomic E-state index is 0. The summed E-state index contributed by atoms with van der Waals surface area (Å²) in [7, 11) is -4.83. The number of unbranched alkanes of at least 4 members (excludes halogenated alkanes) is 7. The second-order valence-electron chi connectivity index (χ2n) is 4.37. The van der Waals surface area contributed by atoms with Crippen LogP contribution in [0.1, 0.15) is 58.3 Å². The smallest absolute Gasteiger partial charge is 0.790 e. The van der Waals surface area contributed by atoms with Crippen molar-refractivity contribution < 1.29 is 53.2 Å². The third-order valence-corrected chi connectivity index (χ3v) is 3.12. The van der Waals surface area contributed by atoms with Crippen LogP contribution in [0, 0.1) is 0 Å². The first-order valence-corrected chi connectivity index (χ1v) is 8.26. The van der Waals surface area contributed by atoms with Crippen LogP contribution >= 0.6 is 7.82 Å². The van der Waals surface area contributed by atoms with Gasteiger partial charge in [-0.15, -0.1) is 0 Å². The summed E-state index contributed by atoms with van der Waals surface area (Å²) < 4.78 is 19.3. The molecule has 0 aromatic heterocycles. The summed E-state index contributed by atoms with van der Waals surface area (Å²) in [4.78, 5) is 20.2. The first-order chi connectivity index (χ1) is 8.56. The number of hydrogen-bond acceptors (Lipinski definition) is 5. The van der Waals surface area contributed by atoms with Crippen molar-refractivity contribution in [2.75, 3.05) is 19.8 Å². The second-order valence-corrected chi connectivity index (χ2v) is 5.52. The molecule has 19 heavy (non-hydrogen) atoms. The van der Waals surface area contributed by atoms with Crippen molar-refractivity contribution in [3.63, 3.8) is 0 Å². The summed E-state index contributed by atoms with van der Waals surface area (Å²) in [6.07, 6.45) is 9.84. The van der Waals surface area contributed by atoms with Gasteiger partial charge in [0.2, 0.25) is 0 Å². The van der Waals surface area contributed by atoms with Gasteiger partial charge in [-0.1, -0.05) is 51.9 Å². The van der Waals surface area contributed by atoms with Crippen molar-refractivity contribution in [2.24, 2.45) is 0 Å². The molecule has 0 amide bonds. The van der Waals surface area contributed by atoms with Gasteiger partial charge in [0.15, 0.2) is 0 Å². The van der Waals surface area contributed by atoms with Crippen LogP contribution in [0.5, 0.6) is 0 Å². The molecule has 0 aromatic carbocycles. The minimum Gasteiger partial charge on any atom is -0.790 e. The Kier molecular flexibility index (Phi) is 18.2. The van der Waals surface area contributed by atoms with Gasteiger partial charge >= 0.3 is 29.6 Å². The molecule has 0 aromatic rings. The van der Waals surface area contributed by atoms with Gasteiger partial charge in [-0.05, 0) is 6.42 Å². The summed E-state index contributed by atoms with van der Waals surface area (Å²) in [5.41, 5.74) is 0. The number of phosphoric acid groups is 1. The van der Waals surface area contributed by atoms with E-state index in [0.717, 1.165) is 12.8 Å². The van der Waals surface area contributed by atoms with Gasteiger partial charge < -0.3 is 23.6 Å². The molecule has 0 saturated carbocycles. The van der Waals surface area contributed by atoms with E-state index in [4.69, 9.17) is 4.74 Å². The third kappa shape index (κ3) is 21.5. The van der Waals surface area contributed by atoms with Crippen molar-refractivity contribution >= 4 is 7.82 Å². The molecule has 0 aliphatic carbocycles. The molecule has 110 valence electrons. The fourth-order valence-electron chi connectivity index (χ4n) is 1.65. The van der Waals surface area contributed by atoms with E-state index in [-0.39, 0.29) is 42.8 Å². The molecule has 0 N–H and O–H groups in total. The Labute approximate surface area is 139 Å². The molecule has 0 rings (SSSR count). The monoisotopic (exact) mass is 303 g/mol. The normalized spacial score (nSPS) is 11.3. The van der Waals surface area contributed by atoms with Gasteiger partial charge in [-0.3, -0.25) is 0 Å². The number of hydrogen-bond donors (Lipinski definition) is 0. The maximum atomic E-state index is 10.1. The number of rotatable bonds is 13. The average molecular weight is 303 g/mol. The second kappa shape index (κ2) is 15.5. The molecule has 0 bridgehead atoms. The van der Waals surface area contributed by atoms with Crippen LogP contribution in [-0.4, -0.2) is 19.8 Å². The van der Waals surface area contributed by atoms with Crippen LogP contribution in [-0.2, 0) is 13.8 Å². The Bertz CT molecular complexity index is 222. The van der Waals surface area contributed by atoms with Gasteiger partial charge in [0.05, 0.1) is 21.0 Å². The zero-order valence-corrected chi connectivity index (χ0v) is 15.2. The third-order valence-electron chi connectivity index (χ3n) is 2.62. The summed E-state index contributed by atoms with van der Waals surface area (Å²) in [6.45, 7) is 2.78. The summed E-state index contributed by atoms with van der Waals surface area (Å²) in [5.74, 6) is 0. The molecule has 7 heteroatoms. The molecule has 5 nitrogen and oxygen atoms in total. The Morgan fingerprint density at radius 2 is 1.37 bits per heavy atom. The largest absolute Gasteiger partial charge is 1.00 e. The molecule has 0 unspecified atom stereocenters. The fraction of sp³-hybridized carbons (Fsp3) is 1.00. The van der Waals surface area contributed by atoms with Crippen LogP contribution in [0.25, 0.3) is 0 Å². The van der Waals surface area contributed by atoms with Crippen LogP contribution < -0.4 is 39.3 Å². The predicted octanol–water partition coefficient (Wildman–Crippen LogP) is -1.01. The summed E-state index contributed by atoms with van der Waals surface area (Å²) in [5, 5.41) is 0. The fourth-order valence-corrected chi connectivity index (χ4v) is 1.95. The SMILES string of the molecule is CCCCCCCCCCOCCOP(=O)([O-])[O-].[Na+]. The zero-order chi connectivity index (χ0) is 13.7. The predicted molar refractivity (Wildman–Crippen MR) is 67.0 cm³/mol. The van der Waals surface area contributed by atoms with Crippen LogP contribution in [0.3, 0.4) is 0 Å². The van der Waals surface area contributed by atoms with Crippen LogP contribution in [0.2, 0.25) is 0 Å². The van der Waals surface area contributed by atoms with Crippen molar-refractivity contribution in [2.45, 2.75) is 58.3 Å². The van der Waals surface area contributed by atoms with E-state index < -0.39 is 7.82 Å². The molecule has 0 saturated heterocycles. The molecule has 0 aliphatic rings. The number of phosphoric ester groups is 1. The first-order valence-electron chi connectivity index (χ1n) is 6.80. The molecule has 0 atom stereocenters. The van der Waals surface area contributed by atoms with E-state index in [2.05, 4.69) is 11.4 Å². The molecular formula is C12H25NaO5P-. The molecule has 0 radical (unpaired) electrons. The first kappa shape index (κ1) is 22.4. The van der Waals surface area contributed by atoms with E-state index in [1.54, 1.807) is 0 Å². The quantitative estimate of drug-likeness (QED) is 0.247. The van der Waals surface area contributed by atoms with Gasteiger partial charge in [0.25, 0.3) is 0 Å². The van der Waals surface area contributed by atoms with Crippen molar-refractivity contribution in [1.29, 1.82) is 0 Å². The Balaban J connectivity index is 0. The van der Waals surface area contributed by atoms with E-state index >= 15 is 0 Å². The summed E-state index contributed by atoms with van der Waals surface area (Å²) in [6, 6.07) is 0. The van der Waals surface area contributed by atoms with Crippen molar-refractivity contribution in [1.82, 2.24) is 0 Å².